The van der Waals surface area contributed by atoms with Crippen LogP contribution in [0.25, 0.3) is 0 Å². The second kappa shape index (κ2) is 5.41. The zero-order chi connectivity index (χ0) is 6.41. The van der Waals surface area contributed by atoms with Crippen molar-refractivity contribution >= 4 is 12.0 Å². The van der Waals surface area contributed by atoms with Crippen molar-refractivity contribution in [3.05, 3.63) is 0 Å². The maximum absolute atomic E-state index is 5.07. The normalized spacial score (nSPS) is 13.9. The van der Waals surface area contributed by atoms with Crippen LogP contribution in [0.2, 0.25) is 0 Å². The smallest absolute Gasteiger partial charge is 0.0927 e. The molecule has 0 aromatic carbocycles. The van der Waals surface area contributed by atoms with Crippen molar-refractivity contribution in [2.45, 2.75) is 13.0 Å². The topological polar surface area (TPSA) is 18.5 Å². The van der Waals surface area contributed by atoms with E-state index in [1.165, 1.54) is 12.0 Å². The summed E-state index contributed by atoms with van der Waals surface area (Å²) in [6.45, 7) is 2.64. The van der Waals surface area contributed by atoms with E-state index in [1.807, 2.05) is 13.2 Å². The molecule has 0 aromatic heterocycles. The predicted molar refractivity (Wildman–Crippen MR) is 35.9 cm³/mol. The predicted octanol–water partition coefficient (Wildman–Crippen LogP) is 1.32. The first kappa shape index (κ1) is 8.27. The zero-order valence-electron chi connectivity index (χ0n) is 5.51. The highest BCUT2D eigenvalue weighted by Crippen LogP contribution is 2.01. The lowest BCUT2D eigenvalue weighted by Crippen LogP contribution is -2.10. The Morgan fingerprint density at radius 2 is 2.25 bits per heavy atom. The van der Waals surface area contributed by atoms with Crippen molar-refractivity contribution in [1.82, 2.24) is 0 Å². The fourth-order valence-corrected chi connectivity index (χ4v) is 0.811. The summed E-state index contributed by atoms with van der Waals surface area (Å²) in [6, 6.07) is 0. The average Bonchev–Trinajstić information content (AvgIpc) is 1.68. The van der Waals surface area contributed by atoms with E-state index in [4.69, 9.17) is 8.92 Å². The van der Waals surface area contributed by atoms with Gasteiger partial charge in [0, 0.05) is 13.4 Å². The summed E-state index contributed by atoms with van der Waals surface area (Å²) in [7, 11) is 1.67. The minimum Gasteiger partial charge on any atom is -0.382 e. The van der Waals surface area contributed by atoms with Crippen molar-refractivity contribution in [3.8, 4) is 0 Å². The molecule has 0 amide bonds. The Morgan fingerprint density at radius 3 is 2.62 bits per heavy atom. The number of ether oxygens (including phenoxy) is 1. The molecule has 0 heterocycles. The molecule has 0 aliphatic rings. The Bertz CT molecular complexity index is 43.7. The molecule has 0 N–H and O–H groups in total. The van der Waals surface area contributed by atoms with Gasteiger partial charge in [0.1, 0.15) is 0 Å². The first-order chi connectivity index (χ1) is 3.81. The van der Waals surface area contributed by atoms with Crippen LogP contribution in [0.3, 0.4) is 0 Å². The quantitative estimate of drug-likeness (QED) is 0.543. The fraction of sp³-hybridized carbons (Fsp3) is 1.00. The van der Waals surface area contributed by atoms with Gasteiger partial charge in [0.05, 0.1) is 12.7 Å². The molecule has 3 heteroatoms. The van der Waals surface area contributed by atoms with Gasteiger partial charge in [-0.05, 0) is 19.0 Å². The second-order valence-corrected chi connectivity index (χ2v) is 2.05. The molecule has 1 atom stereocenters. The van der Waals surface area contributed by atoms with Crippen molar-refractivity contribution in [2.75, 3.05) is 20.0 Å². The maximum atomic E-state index is 5.07. The van der Waals surface area contributed by atoms with Crippen LogP contribution < -0.4 is 0 Å². The molecule has 0 saturated heterocycles. The summed E-state index contributed by atoms with van der Waals surface area (Å²) >= 11 is 1.37. The molecule has 2 nitrogen and oxygen atoms in total. The van der Waals surface area contributed by atoms with E-state index in [0.717, 1.165) is 0 Å². The van der Waals surface area contributed by atoms with Crippen LogP contribution in [0, 0.1) is 0 Å². The Kier molecular flexibility index (Phi) is 5.59. The number of rotatable bonds is 4. The van der Waals surface area contributed by atoms with Gasteiger partial charge in [0.25, 0.3) is 0 Å². The van der Waals surface area contributed by atoms with E-state index < -0.39 is 0 Å². The van der Waals surface area contributed by atoms with Crippen LogP contribution >= 0.6 is 12.0 Å². The largest absolute Gasteiger partial charge is 0.382 e. The van der Waals surface area contributed by atoms with Crippen LogP contribution in [0.4, 0.5) is 0 Å². The second-order valence-electron chi connectivity index (χ2n) is 1.53. The minimum absolute atomic E-state index is 0.204. The van der Waals surface area contributed by atoms with Crippen molar-refractivity contribution in [3.63, 3.8) is 0 Å². The molecule has 0 aliphatic heterocycles. The molecule has 0 bridgehead atoms. The van der Waals surface area contributed by atoms with Crippen LogP contribution in [0.5, 0.6) is 0 Å². The summed E-state index contributed by atoms with van der Waals surface area (Å²) in [5.74, 6) is 0. The van der Waals surface area contributed by atoms with E-state index in [2.05, 4.69) is 0 Å². The Labute approximate surface area is 54.8 Å². The zero-order valence-corrected chi connectivity index (χ0v) is 6.33. The lowest BCUT2D eigenvalue weighted by Gasteiger charge is -2.06. The highest BCUT2D eigenvalue weighted by molar-refractivity contribution is 7.93. The lowest BCUT2D eigenvalue weighted by atomic mass is 10.5. The highest BCUT2D eigenvalue weighted by atomic mass is 32.2. The molecule has 0 radical (unpaired) electrons. The molecule has 50 valence electrons. The number of hydrogen-bond donors (Lipinski definition) is 0. The average molecular weight is 136 g/mol. The SMILES string of the molecule is COCC(C)OSC. The van der Waals surface area contributed by atoms with Gasteiger partial charge in [0.2, 0.25) is 0 Å². The first-order valence-corrected chi connectivity index (χ1v) is 3.64. The highest BCUT2D eigenvalue weighted by Gasteiger charge is 1.97. The van der Waals surface area contributed by atoms with Gasteiger partial charge in [0.15, 0.2) is 0 Å². The summed E-state index contributed by atoms with van der Waals surface area (Å²) in [4.78, 5) is 0. The third-order valence-electron chi connectivity index (χ3n) is 0.662. The van der Waals surface area contributed by atoms with Crippen molar-refractivity contribution in [1.29, 1.82) is 0 Å². The van der Waals surface area contributed by atoms with E-state index in [0.29, 0.717) is 6.61 Å². The standard InChI is InChI=1S/C5H12O2S/c1-5(4-6-2)7-8-3/h5H,4H2,1-3H3. The van der Waals surface area contributed by atoms with E-state index >= 15 is 0 Å². The van der Waals surface area contributed by atoms with Gasteiger partial charge in [-0.2, -0.15) is 0 Å². The molecule has 1 unspecified atom stereocenters. The number of hydrogen-bond acceptors (Lipinski definition) is 3. The van der Waals surface area contributed by atoms with Crippen LogP contribution in [0.1, 0.15) is 6.92 Å². The van der Waals surface area contributed by atoms with E-state index in [9.17, 15) is 0 Å². The lowest BCUT2D eigenvalue weighted by molar-refractivity contribution is 0.106. The monoisotopic (exact) mass is 136 g/mol. The maximum Gasteiger partial charge on any atom is 0.0927 e. The van der Waals surface area contributed by atoms with E-state index in [1.54, 1.807) is 7.11 Å². The minimum atomic E-state index is 0.204. The van der Waals surface area contributed by atoms with Gasteiger partial charge in [-0.25, -0.2) is 0 Å². The molecular formula is C5H12O2S. The van der Waals surface area contributed by atoms with Crippen LogP contribution in [-0.2, 0) is 8.92 Å². The Morgan fingerprint density at radius 1 is 1.62 bits per heavy atom. The molecule has 0 saturated carbocycles. The summed E-state index contributed by atoms with van der Waals surface area (Å²) in [5, 5.41) is 0. The molecule has 0 fully saturated rings. The van der Waals surface area contributed by atoms with Gasteiger partial charge >= 0.3 is 0 Å². The third kappa shape index (κ3) is 4.43. The molecule has 8 heavy (non-hydrogen) atoms. The Balaban J connectivity index is 2.92. The third-order valence-corrected chi connectivity index (χ3v) is 1.18. The fourth-order valence-electron chi connectivity index (χ4n) is 0.427. The van der Waals surface area contributed by atoms with E-state index in [-0.39, 0.29) is 6.10 Å². The van der Waals surface area contributed by atoms with Crippen molar-refractivity contribution < 1.29 is 8.92 Å². The van der Waals surface area contributed by atoms with Gasteiger partial charge in [-0.15, -0.1) is 0 Å². The first-order valence-electron chi connectivity index (χ1n) is 2.49. The van der Waals surface area contributed by atoms with Crippen molar-refractivity contribution in [2.24, 2.45) is 0 Å². The molecule has 0 rings (SSSR count). The summed E-state index contributed by atoms with van der Waals surface area (Å²) in [6.07, 6.45) is 2.10. The van der Waals surface area contributed by atoms with Gasteiger partial charge in [-0.3, -0.25) is 0 Å². The molecule has 0 spiro atoms. The summed E-state index contributed by atoms with van der Waals surface area (Å²) in [5.41, 5.74) is 0. The number of methoxy groups -OCH3 is 1. The summed E-state index contributed by atoms with van der Waals surface area (Å²) < 4.78 is 9.89. The molecular weight excluding hydrogens is 124 g/mol. The molecule has 0 aromatic rings. The molecule has 0 aliphatic carbocycles. The van der Waals surface area contributed by atoms with Crippen LogP contribution in [0.15, 0.2) is 0 Å². The van der Waals surface area contributed by atoms with Crippen LogP contribution in [-0.4, -0.2) is 26.1 Å². The Hall–Kier alpha value is 0.270. The van der Waals surface area contributed by atoms with Gasteiger partial charge in [-0.1, -0.05) is 0 Å². The van der Waals surface area contributed by atoms with Gasteiger partial charge < -0.3 is 8.92 Å².